The Balaban J connectivity index is 1.84. The van der Waals surface area contributed by atoms with E-state index in [9.17, 15) is 18.7 Å². The second-order valence-electron chi connectivity index (χ2n) is 5.71. The van der Waals surface area contributed by atoms with Crippen LogP contribution in [0.5, 0.6) is 5.75 Å². The molecule has 2 heterocycles. The molecular formula is C18H10ClF2N3O2S2. The Morgan fingerprint density at radius 1 is 1.18 bits per heavy atom. The molecule has 0 aliphatic rings. The van der Waals surface area contributed by atoms with Crippen LogP contribution in [0, 0.1) is 11.6 Å². The van der Waals surface area contributed by atoms with Gasteiger partial charge < -0.3 is 5.11 Å². The summed E-state index contributed by atoms with van der Waals surface area (Å²) in [5.41, 5.74) is 2.12. The van der Waals surface area contributed by atoms with Gasteiger partial charge >= 0.3 is 0 Å². The average molecular weight is 438 g/mol. The van der Waals surface area contributed by atoms with Crippen LogP contribution in [0.4, 0.5) is 8.78 Å². The maximum absolute atomic E-state index is 13.9. The minimum Gasteiger partial charge on any atom is -0.503 e. The number of phenolic OH excluding ortho intramolecular Hbond substituents is 1. The zero-order chi connectivity index (χ0) is 19.8. The standard InChI is InChI=1S/C18H10ClF2N3O2S2/c19-10-3-1-9(2-4-10)7-27-18-23-16-15(28-8-22-16)17(26)24(18)11-5-12(20)14(25)13(21)6-11/h1-6,8,25H,7H2. The van der Waals surface area contributed by atoms with E-state index in [2.05, 4.69) is 9.97 Å². The maximum Gasteiger partial charge on any atom is 0.278 e. The van der Waals surface area contributed by atoms with Crippen molar-refractivity contribution < 1.29 is 13.9 Å². The molecule has 0 amide bonds. The lowest BCUT2D eigenvalue weighted by atomic mass is 10.2. The van der Waals surface area contributed by atoms with Crippen LogP contribution in [0.15, 0.2) is 51.9 Å². The summed E-state index contributed by atoms with van der Waals surface area (Å²) in [5, 5.41) is 10.2. The van der Waals surface area contributed by atoms with Crippen molar-refractivity contribution in [1.82, 2.24) is 14.5 Å². The monoisotopic (exact) mass is 437 g/mol. The van der Waals surface area contributed by atoms with Crippen LogP contribution in [-0.2, 0) is 5.75 Å². The third-order valence-corrected chi connectivity index (χ3v) is 5.95. The van der Waals surface area contributed by atoms with Crippen LogP contribution in [0.1, 0.15) is 5.56 Å². The number of rotatable bonds is 4. The summed E-state index contributed by atoms with van der Waals surface area (Å²) in [5.74, 6) is -2.98. The van der Waals surface area contributed by atoms with Gasteiger partial charge in [0.15, 0.2) is 28.2 Å². The second-order valence-corrected chi connectivity index (χ2v) is 7.95. The van der Waals surface area contributed by atoms with Crippen LogP contribution < -0.4 is 5.56 Å². The molecule has 28 heavy (non-hydrogen) atoms. The summed E-state index contributed by atoms with van der Waals surface area (Å²) < 4.78 is 29.1. The molecule has 0 bridgehead atoms. The van der Waals surface area contributed by atoms with Crippen molar-refractivity contribution in [2.45, 2.75) is 10.9 Å². The zero-order valence-corrected chi connectivity index (χ0v) is 16.3. The first-order valence-corrected chi connectivity index (χ1v) is 10.1. The van der Waals surface area contributed by atoms with Crippen molar-refractivity contribution in [3.05, 3.63) is 74.5 Å². The van der Waals surface area contributed by atoms with E-state index < -0.39 is 22.9 Å². The van der Waals surface area contributed by atoms with Crippen molar-refractivity contribution in [3.8, 4) is 11.4 Å². The molecule has 0 radical (unpaired) electrons. The van der Waals surface area contributed by atoms with Crippen molar-refractivity contribution in [2.24, 2.45) is 0 Å². The number of aromatic nitrogens is 3. The highest BCUT2D eigenvalue weighted by atomic mass is 35.5. The minimum atomic E-state index is -1.17. The third kappa shape index (κ3) is 3.48. The number of nitrogens with zero attached hydrogens (tertiary/aromatic N) is 3. The molecule has 0 unspecified atom stereocenters. The summed E-state index contributed by atoms with van der Waals surface area (Å²) in [6.07, 6.45) is 0. The number of thioether (sulfide) groups is 1. The lowest BCUT2D eigenvalue weighted by molar-refractivity contribution is 0.395. The lowest BCUT2D eigenvalue weighted by Crippen LogP contribution is -2.21. The van der Waals surface area contributed by atoms with Gasteiger partial charge in [0.05, 0.1) is 11.2 Å². The van der Waals surface area contributed by atoms with E-state index >= 15 is 0 Å². The van der Waals surface area contributed by atoms with Gasteiger partial charge in [0.2, 0.25) is 0 Å². The Morgan fingerprint density at radius 2 is 1.86 bits per heavy atom. The predicted molar refractivity (Wildman–Crippen MR) is 106 cm³/mol. The van der Waals surface area contributed by atoms with Crippen LogP contribution >= 0.6 is 34.7 Å². The fourth-order valence-corrected chi connectivity index (χ4v) is 4.27. The van der Waals surface area contributed by atoms with Gasteiger partial charge in [-0.15, -0.1) is 11.3 Å². The fourth-order valence-electron chi connectivity index (χ4n) is 2.53. The van der Waals surface area contributed by atoms with Gasteiger partial charge in [-0.3, -0.25) is 9.36 Å². The molecule has 10 heteroatoms. The Hall–Kier alpha value is -2.49. The number of benzene rings is 2. The highest BCUT2D eigenvalue weighted by Gasteiger charge is 2.18. The van der Waals surface area contributed by atoms with Gasteiger partial charge in [-0.25, -0.2) is 18.7 Å². The molecule has 0 spiro atoms. The molecule has 0 saturated heterocycles. The van der Waals surface area contributed by atoms with Crippen molar-refractivity contribution in [1.29, 1.82) is 0 Å². The fraction of sp³-hybridized carbons (Fsp3) is 0.0556. The molecule has 0 aliphatic carbocycles. The first-order chi connectivity index (χ1) is 13.4. The van der Waals surface area contributed by atoms with Gasteiger partial charge in [-0.05, 0) is 17.7 Å². The number of phenols is 1. The molecule has 142 valence electrons. The van der Waals surface area contributed by atoms with E-state index in [1.165, 1.54) is 17.3 Å². The molecule has 0 fully saturated rings. The molecule has 4 aromatic rings. The van der Waals surface area contributed by atoms with Crippen LogP contribution in [0.3, 0.4) is 0 Å². The summed E-state index contributed by atoms with van der Waals surface area (Å²) in [4.78, 5) is 21.4. The number of hydrogen-bond donors (Lipinski definition) is 1. The lowest BCUT2D eigenvalue weighted by Gasteiger charge is -2.12. The van der Waals surface area contributed by atoms with E-state index in [1.807, 2.05) is 12.1 Å². The van der Waals surface area contributed by atoms with Gasteiger partial charge in [-0.1, -0.05) is 35.5 Å². The van der Waals surface area contributed by atoms with Gasteiger partial charge in [0.25, 0.3) is 5.56 Å². The van der Waals surface area contributed by atoms with Crippen LogP contribution in [0.25, 0.3) is 16.0 Å². The smallest absolute Gasteiger partial charge is 0.278 e. The SMILES string of the molecule is O=c1c2scnc2nc(SCc2ccc(Cl)cc2)n1-c1cc(F)c(O)c(F)c1. The summed E-state index contributed by atoms with van der Waals surface area (Å²) in [6, 6.07) is 8.93. The minimum absolute atomic E-state index is 0.0702. The normalized spacial score (nSPS) is 11.2. The summed E-state index contributed by atoms with van der Waals surface area (Å²) >= 11 is 8.19. The Morgan fingerprint density at radius 3 is 2.54 bits per heavy atom. The molecule has 2 aromatic heterocycles. The van der Waals surface area contributed by atoms with Crippen LogP contribution in [-0.4, -0.2) is 19.6 Å². The van der Waals surface area contributed by atoms with Crippen molar-refractivity contribution >= 4 is 45.0 Å². The van der Waals surface area contributed by atoms with E-state index in [-0.39, 0.29) is 21.2 Å². The maximum atomic E-state index is 13.9. The largest absolute Gasteiger partial charge is 0.503 e. The first-order valence-electron chi connectivity index (χ1n) is 7.86. The van der Waals surface area contributed by atoms with E-state index in [1.54, 1.807) is 12.1 Å². The molecule has 4 rings (SSSR count). The highest BCUT2D eigenvalue weighted by Crippen LogP contribution is 2.28. The van der Waals surface area contributed by atoms with Gasteiger partial charge in [0, 0.05) is 22.9 Å². The number of thiazole rings is 1. The van der Waals surface area contributed by atoms with Gasteiger partial charge in [-0.2, -0.15) is 0 Å². The zero-order valence-electron chi connectivity index (χ0n) is 13.9. The van der Waals surface area contributed by atoms with Crippen LogP contribution in [0.2, 0.25) is 5.02 Å². The quantitative estimate of drug-likeness (QED) is 0.368. The Bertz CT molecular complexity index is 1220. The second kappa shape index (κ2) is 7.50. The highest BCUT2D eigenvalue weighted by molar-refractivity contribution is 7.98. The number of halogens is 3. The molecule has 2 aromatic carbocycles. The molecule has 1 N–H and O–H groups in total. The molecule has 5 nitrogen and oxygen atoms in total. The summed E-state index contributed by atoms with van der Waals surface area (Å²) in [6.45, 7) is 0. The average Bonchev–Trinajstić information content (AvgIpc) is 3.14. The van der Waals surface area contributed by atoms with E-state index in [4.69, 9.17) is 11.6 Å². The van der Waals surface area contributed by atoms with E-state index in [0.29, 0.717) is 10.8 Å². The number of fused-ring (bicyclic) bond motifs is 1. The van der Waals surface area contributed by atoms with Crippen molar-refractivity contribution in [3.63, 3.8) is 0 Å². The molecular weight excluding hydrogens is 428 g/mol. The van der Waals surface area contributed by atoms with E-state index in [0.717, 1.165) is 33.6 Å². The first kappa shape index (κ1) is 18.9. The Kier molecular flexibility index (Phi) is 5.05. The topological polar surface area (TPSA) is 68.0 Å². The molecule has 0 aliphatic heterocycles. The molecule has 0 saturated carbocycles. The predicted octanol–water partition coefficient (Wildman–Crippen LogP) is 4.77. The number of aromatic hydroxyl groups is 1. The Labute approximate surface area is 170 Å². The third-order valence-electron chi connectivity index (χ3n) is 3.88. The molecule has 0 atom stereocenters. The number of hydrogen-bond acceptors (Lipinski definition) is 6. The summed E-state index contributed by atoms with van der Waals surface area (Å²) in [7, 11) is 0. The van der Waals surface area contributed by atoms with Gasteiger partial charge in [0.1, 0.15) is 4.70 Å². The van der Waals surface area contributed by atoms with Crippen molar-refractivity contribution in [2.75, 3.05) is 0 Å².